The molecule has 1 aromatic rings. The Hall–Kier alpha value is -1.39. The Morgan fingerprint density at radius 3 is 2.60 bits per heavy atom. The second kappa shape index (κ2) is 5.54. The van der Waals surface area contributed by atoms with Crippen LogP contribution in [-0.2, 0) is 22.6 Å². The summed E-state index contributed by atoms with van der Waals surface area (Å²) in [5.74, 6) is 0.00150. The summed E-state index contributed by atoms with van der Waals surface area (Å²) in [5, 5.41) is 10.3. The van der Waals surface area contributed by atoms with Crippen LogP contribution in [-0.4, -0.2) is 29.6 Å². The van der Waals surface area contributed by atoms with Gasteiger partial charge in [-0.3, -0.25) is 4.79 Å². The second-order valence-electron chi connectivity index (χ2n) is 6.48. The smallest absolute Gasteiger partial charge is 0.249 e. The van der Waals surface area contributed by atoms with E-state index in [0.717, 1.165) is 16.7 Å². The SMILES string of the molecule is COCC(=O)N1Cc2ccc(C(O)C(C)(C)C)cc2C1. The zero-order valence-corrected chi connectivity index (χ0v) is 12.6. The van der Waals surface area contributed by atoms with Crippen LogP contribution in [0.4, 0.5) is 0 Å². The Balaban J connectivity index is 2.17. The van der Waals surface area contributed by atoms with Crippen LogP contribution in [0.25, 0.3) is 0 Å². The molecule has 1 aliphatic rings. The van der Waals surface area contributed by atoms with E-state index in [1.165, 1.54) is 7.11 Å². The van der Waals surface area contributed by atoms with Gasteiger partial charge in [0.05, 0.1) is 6.10 Å². The predicted octanol–water partition coefficient (Wildman–Crippen LogP) is 2.25. The maximum absolute atomic E-state index is 11.8. The minimum atomic E-state index is -0.503. The number of carbonyl (C=O) groups excluding carboxylic acids is 1. The monoisotopic (exact) mass is 277 g/mol. The normalized spacial score (nSPS) is 16.1. The molecule has 1 aromatic carbocycles. The van der Waals surface area contributed by atoms with Gasteiger partial charge in [0.15, 0.2) is 0 Å². The van der Waals surface area contributed by atoms with Crippen LogP contribution < -0.4 is 0 Å². The molecule has 1 amide bonds. The number of aliphatic hydroxyl groups excluding tert-OH is 1. The number of nitrogens with zero attached hydrogens (tertiary/aromatic N) is 1. The highest BCUT2D eigenvalue weighted by Crippen LogP contribution is 2.34. The molecule has 2 rings (SSSR count). The highest BCUT2D eigenvalue weighted by atomic mass is 16.5. The van der Waals surface area contributed by atoms with Gasteiger partial charge in [-0.25, -0.2) is 0 Å². The second-order valence-corrected chi connectivity index (χ2v) is 6.48. The first kappa shape index (κ1) is 15.0. The number of benzene rings is 1. The molecule has 0 aliphatic carbocycles. The first-order valence-electron chi connectivity index (χ1n) is 6.89. The van der Waals surface area contributed by atoms with E-state index in [2.05, 4.69) is 0 Å². The molecule has 1 aliphatic heterocycles. The number of methoxy groups -OCH3 is 1. The summed E-state index contributed by atoms with van der Waals surface area (Å²) in [6.07, 6.45) is -0.503. The van der Waals surface area contributed by atoms with Gasteiger partial charge >= 0.3 is 0 Å². The molecule has 4 nitrogen and oxygen atoms in total. The van der Waals surface area contributed by atoms with Crippen LogP contribution >= 0.6 is 0 Å². The first-order chi connectivity index (χ1) is 9.32. The minimum Gasteiger partial charge on any atom is -0.388 e. The fourth-order valence-electron chi connectivity index (χ4n) is 2.48. The molecule has 0 spiro atoms. The van der Waals surface area contributed by atoms with Crippen LogP contribution in [0.5, 0.6) is 0 Å². The van der Waals surface area contributed by atoms with Gasteiger partial charge in [0.1, 0.15) is 6.61 Å². The Morgan fingerprint density at radius 2 is 2.00 bits per heavy atom. The van der Waals surface area contributed by atoms with Crippen molar-refractivity contribution in [3.05, 3.63) is 34.9 Å². The third-order valence-corrected chi connectivity index (χ3v) is 3.71. The van der Waals surface area contributed by atoms with E-state index in [-0.39, 0.29) is 17.9 Å². The first-order valence-corrected chi connectivity index (χ1v) is 6.89. The van der Waals surface area contributed by atoms with E-state index >= 15 is 0 Å². The minimum absolute atomic E-state index is 0.00150. The molecule has 1 N–H and O–H groups in total. The zero-order chi connectivity index (χ0) is 14.9. The summed E-state index contributed by atoms with van der Waals surface area (Å²) in [7, 11) is 1.53. The number of ether oxygens (including phenoxy) is 1. The van der Waals surface area contributed by atoms with Crippen LogP contribution in [0.2, 0.25) is 0 Å². The molecule has 0 bridgehead atoms. The highest BCUT2D eigenvalue weighted by molar-refractivity contribution is 5.78. The van der Waals surface area contributed by atoms with Gasteiger partial charge in [0, 0.05) is 20.2 Å². The lowest BCUT2D eigenvalue weighted by Gasteiger charge is -2.26. The Morgan fingerprint density at radius 1 is 1.35 bits per heavy atom. The van der Waals surface area contributed by atoms with Crippen LogP contribution in [0.15, 0.2) is 18.2 Å². The lowest BCUT2D eigenvalue weighted by molar-refractivity contribution is -0.135. The molecule has 0 aromatic heterocycles. The molecule has 0 saturated carbocycles. The van der Waals surface area contributed by atoms with Crippen molar-refractivity contribution in [1.29, 1.82) is 0 Å². The summed E-state index contributed by atoms with van der Waals surface area (Å²) >= 11 is 0. The molecule has 1 unspecified atom stereocenters. The fraction of sp³-hybridized carbons (Fsp3) is 0.562. The summed E-state index contributed by atoms with van der Waals surface area (Å²) in [5.41, 5.74) is 2.99. The number of hydrogen-bond donors (Lipinski definition) is 1. The summed E-state index contributed by atoms with van der Waals surface area (Å²) in [4.78, 5) is 13.6. The zero-order valence-electron chi connectivity index (χ0n) is 12.6. The number of rotatable bonds is 3. The van der Waals surface area contributed by atoms with Crippen LogP contribution in [0.1, 0.15) is 43.6 Å². The van der Waals surface area contributed by atoms with E-state index in [1.807, 2.05) is 39.0 Å². The highest BCUT2D eigenvalue weighted by Gasteiger charge is 2.27. The molecular weight excluding hydrogens is 254 g/mol. The molecule has 110 valence electrons. The Kier molecular flexibility index (Phi) is 4.16. The van der Waals surface area contributed by atoms with Crippen molar-refractivity contribution in [3.8, 4) is 0 Å². The van der Waals surface area contributed by atoms with Gasteiger partial charge in [0.25, 0.3) is 0 Å². The van der Waals surface area contributed by atoms with Crippen molar-refractivity contribution in [2.45, 2.75) is 40.0 Å². The average Bonchev–Trinajstić information content (AvgIpc) is 2.79. The summed E-state index contributed by atoms with van der Waals surface area (Å²) in [6, 6.07) is 5.99. The van der Waals surface area contributed by atoms with Crippen molar-refractivity contribution in [2.75, 3.05) is 13.7 Å². The van der Waals surface area contributed by atoms with E-state index in [4.69, 9.17) is 4.74 Å². The molecule has 0 fully saturated rings. The van der Waals surface area contributed by atoms with Gasteiger partial charge in [-0.15, -0.1) is 0 Å². The maximum atomic E-state index is 11.8. The van der Waals surface area contributed by atoms with Gasteiger partial charge in [-0.2, -0.15) is 0 Å². The number of fused-ring (bicyclic) bond motifs is 1. The maximum Gasteiger partial charge on any atom is 0.249 e. The average molecular weight is 277 g/mol. The Bertz CT molecular complexity index is 505. The number of carbonyl (C=O) groups is 1. The van der Waals surface area contributed by atoms with Gasteiger partial charge in [-0.05, 0) is 22.1 Å². The number of amides is 1. The third kappa shape index (κ3) is 3.02. The molecule has 20 heavy (non-hydrogen) atoms. The lowest BCUT2D eigenvalue weighted by atomic mass is 9.84. The predicted molar refractivity (Wildman–Crippen MR) is 77.0 cm³/mol. The summed E-state index contributed by atoms with van der Waals surface area (Å²) < 4.78 is 4.89. The molecule has 0 saturated heterocycles. The van der Waals surface area contributed by atoms with E-state index in [1.54, 1.807) is 4.90 Å². The fourth-order valence-corrected chi connectivity index (χ4v) is 2.48. The standard InChI is InChI=1S/C16H23NO3/c1-16(2,3)15(19)11-5-6-12-8-17(9-13(12)7-11)14(18)10-20-4/h5-7,15,19H,8-10H2,1-4H3. The topological polar surface area (TPSA) is 49.8 Å². The molecule has 1 heterocycles. The van der Waals surface area contributed by atoms with Crippen LogP contribution in [0.3, 0.4) is 0 Å². The van der Waals surface area contributed by atoms with Crippen molar-refractivity contribution in [1.82, 2.24) is 4.90 Å². The van der Waals surface area contributed by atoms with Gasteiger partial charge in [0.2, 0.25) is 5.91 Å². The summed E-state index contributed by atoms with van der Waals surface area (Å²) in [6.45, 7) is 7.38. The quantitative estimate of drug-likeness (QED) is 0.922. The molecule has 0 radical (unpaired) electrons. The van der Waals surface area contributed by atoms with Crippen molar-refractivity contribution in [2.24, 2.45) is 5.41 Å². The largest absolute Gasteiger partial charge is 0.388 e. The number of hydrogen-bond acceptors (Lipinski definition) is 3. The third-order valence-electron chi connectivity index (χ3n) is 3.71. The molecular formula is C16H23NO3. The van der Waals surface area contributed by atoms with E-state index < -0.39 is 6.10 Å². The molecule has 1 atom stereocenters. The molecule has 4 heteroatoms. The lowest BCUT2D eigenvalue weighted by Crippen LogP contribution is -2.28. The Labute approximate surface area is 120 Å². The van der Waals surface area contributed by atoms with Crippen molar-refractivity contribution in [3.63, 3.8) is 0 Å². The van der Waals surface area contributed by atoms with Gasteiger partial charge < -0.3 is 14.7 Å². The number of aliphatic hydroxyl groups is 1. The van der Waals surface area contributed by atoms with E-state index in [0.29, 0.717) is 13.1 Å². The van der Waals surface area contributed by atoms with Crippen molar-refractivity contribution < 1.29 is 14.6 Å². The van der Waals surface area contributed by atoms with Gasteiger partial charge in [-0.1, -0.05) is 39.0 Å². The van der Waals surface area contributed by atoms with Crippen molar-refractivity contribution >= 4 is 5.91 Å². The van der Waals surface area contributed by atoms with Crippen LogP contribution in [0, 0.1) is 5.41 Å². The van der Waals surface area contributed by atoms with E-state index in [9.17, 15) is 9.90 Å².